The Bertz CT molecular complexity index is 1580. The molecule has 10 nitrogen and oxygen atoms in total. The Labute approximate surface area is 244 Å². The van der Waals surface area contributed by atoms with Crippen LogP contribution in [-0.2, 0) is 24.2 Å². The lowest BCUT2D eigenvalue weighted by Gasteiger charge is -2.09. The van der Waals surface area contributed by atoms with Gasteiger partial charge in [0, 0.05) is 15.5 Å². The number of rotatable bonds is 10. The Morgan fingerprint density at radius 2 is 2.02 bits per heavy atom. The maximum absolute atomic E-state index is 12.6. The molecule has 204 valence electrons. The molecular formula is C27H25ClN8O2S2. The molecule has 4 N–H and O–H groups in total. The standard InChI is InChI=1S/C27H25ClN8O2S2/c28-19-11-9-17(10-12-19)15-38-22-7-3-1-5-18(22)14-31-33-26-34-35-27(36(26)30)39-16-24(37)32-25-21(13-29)20-6-2-4-8-23(20)40-25/h1,3,5,7,9-12,14H,2,4,6,8,15-16,30H2,(H,32,37)(H,33,34)/b31-14+. The largest absolute Gasteiger partial charge is 0.488 e. The number of amides is 1. The fraction of sp³-hybridized carbons (Fsp3) is 0.222. The number of hydrazone groups is 1. The van der Waals surface area contributed by atoms with Crippen molar-refractivity contribution in [1.29, 1.82) is 5.26 Å². The average Bonchev–Trinajstić information content (AvgIpc) is 3.50. The summed E-state index contributed by atoms with van der Waals surface area (Å²) in [7, 11) is 0. The van der Waals surface area contributed by atoms with Crippen LogP contribution in [0.3, 0.4) is 0 Å². The molecule has 1 aliphatic carbocycles. The molecule has 2 aromatic heterocycles. The topological polar surface area (TPSA) is 143 Å². The van der Waals surface area contributed by atoms with E-state index in [0.29, 0.717) is 33.1 Å². The van der Waals surface area contributed by atoms with Gasteiger partial charge in [-0.2, -0.15) is 10.4 Å². The number of ether oxygens (including phenoxy) is 1. The van der Waals surface area contributed by atoms with Crippen LogP contribution in [0.4, 0.5) is 10.9 Å². The lowest BCUT2D eigenvalue weighted by atomic mass is 9.96. The van der Waals surface area contributed by atoms with Crippen molar-refractivity contribution in [2.24, 2.45) is 5.10 Å². The number of anilines is 2. The molecule has 0 spiro atoms. The van der Waals surface area contributed by atoms with Crippen LogP contribution in [0.2, 0.25) is 5.02 Å². The summed E-state index contributed by atoms with van der Waals surface area (Å²) < 4.78 is 7.18. The van der Waals surface area contributed by atoms with E-state index in [1.807, 2.05) is 48.5 Å². The molecule has 0 saturated carbocycles. The number of aromatic nitrogens is 3. The molecule has 1 aliphatic rings. The van der Waals surface area contributed by atoms with Gasteiger partial charge in [0.25, 0.3) is 5.95 Å². The second-order valence-corrected chi connectivity index (χ2v) is 11.3. The van der Waals surface area contributed by atoms with Gasteiger partial charge in [-0.3, -0.25) is 4.79 Å². The fourth-order valence-corrected chi connectivity index (χ4v) is 6.18. The highest BCUT2D eigenvalue weighted by atomic mass is 35.5. The summed E-state index contributed by atoms with van der Waals surface area (Å²) in [6.07, 6.45) is 5.61. The zero-order valence-electron chi connectivity index (χ0n) is 21.3. The van der Waals surface area contributed by atoms with Gasteiger partial charge in [0.2, 0.25) is 11.1 Å². The monoisotopic (exact) mass is 592 g/mol. The van der Waals surface area contributed by atoms with E-state index in [0.717, 1.165) is 54.1 Å². The van der Waals surface area contributed by atoms with Crippen LogP contribution in [0.15, 0.2) is 58.8 Å². The highest BCUT2D eigenvalue weighted by molar-refractivity contribution is 7.99. The molecular weight excluding hydrogens is 568 g/mol. The lowest BCUT2D eigenvalue weighted by molar-refractivity contribution is -0.113. The molecule has 2 heterocycles. The van der Waals surface area contributed by atoms with E-state index in [1.54, 1.807) is 6.21 Å². The highest BCUT2D eigenvalue weighted by Crippen LogP contribution is 2.37. The number of aryl methyl sites for hydroxylation is 1. The van der Waals surface area contributed by atoms with E-state index in [4.69, 9.17) is 22.2 Å². The van der Waals surface area contributed by atoms with Crippen LogP contribution in [0, 0.1) is 11.3 Å². The highest BCUT2D eigenvalue weighted by Gasteiger charge is 2.22. The number of thiophene rings is 1. The Balaban J connectivity index is 1.15. The van der Waals surface area contributed by atoms with E-state index >= 15 is 0 Å². The minimum atomic E-state index is -0.245. The Kier molecular flexibility index (Phi) is 8.85. The average molecular weight is 593 g/mol. The summed E-state index contributed by atoms with van der Waals surface area (Å²) in [6, 6.07) is 17.2. The van der Waals surface area contributed by atoms with Gasteiger partial charge >= 0.3 is 0 Å². The summed E-state index contributed by atoms with van der Waals surface area (Å²) in [5.41, 5.74) is 6.18. The first kappa shape index (κ1) is 27.5. The minimum Gasteiger partial charge on any atom is -0.488 e. The van der Waals surface area contributed by atoms with Gasteiger partial charge in [0.1, 0.15) is 23.4 Å². The SMILES string of the molecule is N#Cc1c(NC(=O)CSc2nnc(N/N=C/c3ccccc3OCc3ccc(Cl)cc3)n2N)sc2c1CCCC2. The van der Waals surface area contributed by atoms with E-state index in [9.17, 15) is 10.1 Å². The first-order chi connectivity index (χ1) is 19.5. The molecule has 1 amide bonds. The molecule has 0 saturated heterocycles. The molecule has 0 radical (unpaired) electrons. The van der Waals surface area contributed by atoms with Crippen molar-refractivity contribution < 1.29 is 9.53 Å². The van der Waals surface area contributed by atoms with Crippen LogP contribution in [-0.4, -0.2) is 32.7 Å². The zero-order valence-corrected chi connectivity index (χ0v) is 23.7. The maximum atomic E-state index is 12.6. The number of nitriles is 1. The van der Waals surface area contributed by atoms with Crippen LogP contribution < -0.4 is 21.3 Å². The van der Waals surface area contributed by atoms with E-state index in [1.165, 1.54) is 20.9 Å². The third-order valence-corrected chi connectivity index (χ3v) is 8.53. The van der Waals surface area contributed by atoms with Crippen molar-refractivity contribution in [2.45, 2.75) is 37.4 Å². The van der Waals surface area contributed by atoms with Crippen molar-refractivity contribution in [1.82, 2.24) is 14.9 Å². The number of hydrogen-bond acceptors (Lipinski definition) is 10. The molecule has 0 aliphatic heterocycles. The smallest absolute Gasteiger partial charge is 0.264 e. The number of carbonyl (C=O) groups excluding carboxylic acids is 1. The predicted octanol–water partition coefficient (Wildman–Crippen LogP) is 5.21. The maximum Gasteiger partial charge on any atom is 0.264 e. The lowest BCUT2D eigenvalue weighted by Crippen LogP contribution is -2.17. The first-order valence-electron chi connectivity index (χ1n) is 12.4. The van der Waals surface area contributed by atoms with Crippen molar-refractivity contribution in [3.05, 3.63) is 80.7 Å². The number of thioether (sulfide) groups is 1. The van der Waals surface area contributed by atoms with Gasteiger partial charge < -0.3 is 15.9 Å². The number of benzene rings is 2. The molecule has 13 heteroatoms. The zero-order chi connectivity index (χ0) is 27.9. The summed E-state index contributed by atoms with van der Waals surface area (Å²) in [4.78, 5) is 13.8. The summed E-state index contributed by atoms with van der Waals surface area (Å²) in [5, 5.41) is 26.4. The van der Waals surface area contributed by atoms with E-state index in [2.05, 4.69) is 32.1 Å². The van der Waals surface area contributed by atoms with Crippen molar-refractivity contribution >= 4 is 57.8 Å². The van der Waals surface area contributed by atoms with Crippen molar-refractivity contribution in [3.63, 3.8) is 0 Å². The Hall–Kier alpha value is -4.05. The number of nitrogen functional groups attached to an aromatic ring is 1. The molecule has 0 bridgehead atoms. The normalized spacial score (nSPS) is 12.6. The van der Waals surface area contributed by atoms with Crippen molar-refractivity contribution in [2.75, 3.05) is 22.3 Å². The second kappa shape index (κ2) is 12.9. The van der Waals surface area contributed by atoms with Crippen LogP contribution >= 0.6 is 34.7 Å². The quantitative estimate of drug-likeness (QED) is 0.0985. The number of nitrogens with zero attached hydrogens (tertiary/aromatic N) is 5. The number of hydrogen-bond donors (Lipinski definition) is 3. The molecule has 2 aromatic carbocycles. The Morgan fingerprint density at radius 1 is 1.23 bits per heavy atom. The number of nitrogens with two attached hydrogens (primary N) is 1. The fourth-order valence-electron chi connectivity index (χ4n) is 4.14. The minimum absolute atomic E-state index is 0.0599. The number of fused-ring (bicyclic) bond motifs is 1. The van der Waals surface area contributed by atoms with Crippen molar-refractivity contribution in [3.8, 4) is 11.8 Å². The van der Waals surface area contributed by atoms with Gasteiger partial charge in [-0.05, 0) is 61.1 Å². The third kappa shape index (κ3) is 6.56. The van der Waals surface area contributed by atoms with Gasteiger partial charge in [-0.15, -0.1) is 21.5 Å². The first-order valence-corrected chi connectivity index (χ1v) is 14.6. The Morgan fingerprint density at radius 3 is 2.85 bits per heavy atom. The van der Waals surface area contributed by atoms with Crippen LogP contribution in [0.25, 0.3) is 0 Å². The van der Waals surface area contributed by atoms with Crippen LogP contribution in [0.1, 0.15) is 40.0 Å². The summed E-state index contributed by atoms with van der Waals surface area (Å²) in [6.45, 7) is 0.382. The summed E-state index contributed by atoms with van der Waals surface area (Å²) >= 11 is 8.58. The van der Waals surface area contributed by atoms with Crippen LogP contribution in [0.5, 0.6) is 5.75 Å². The number of halogens is 1. The number of para-hydroxylation sites is 1. The summed E-state index contributed by atoms with van der Waals surface area (Å²) in [5.74, 6) is 6.79. The predicted molar refractivity (Wildman–Crippen MR) is 159 cm³/mol. The van der Waals surface area contributed by atoms with E-state index in [-0.39, 0.29) is 17.6 Å². The molecule has 0 atom stereocenters. The van der Waals surface area contributed by atoms with Gasteiger partial charge in [-0.1, -0.05) is 47.6 Å². The third-order valence-electron chi connectivity index (χ3n) is 6.13. The molecule has 0 unspecified atom stereocenters. The molecule has 0 fully saturated rings. The number of nitrogens with one attached hydrogen (secondary N) is 2. The van der Waals surface area contributed by atoms with Gasteiger partial charge in [0.15, 0.2) is 0 Å². The number of carbonyl (C=O) groups is 1. The molecule has 4 aromatic rings. The van der Waals surface area contributed by atoms with Gasteiger partial charge in [-0.25, -0.2) is 10.1 Å². The van der Waals surface area contributed by atoms with Gasteiger partial charge in [0.05, 0.1) is 17.5 Å². The van der Waals surface area contributed by atoms with E-state index < -0.39 is 0 Å². The second-order valence-electron chi connectivity index (χ2n) is 8.86. The molecule has 5 rings (SSSR count). The molecule has 40 heavy (non-hydrogen) atoms.